The molecule has 4 rings (SSSR count). The number of amides is 1. The van der Waals surface area contributed by atoms with Gasteiger partial charge < -0.3 is 19.1 Å². The molecule has 36 heavy (non-hydrogen) atoms. The van der Waals surface area contributed by atoms with Crippen LogP contribution in [-0.4, -0.2) is 22.3 Å². The molecule has 0 aliphatic heterocycles. The Morgan fingerprint density at radius 1 is 1.06 bits per heavy atom. The van der Waals surface area contributed by atoms with Crippen molar-refractivity contribution < 1.29 is 33.1 Å². The summed E-state index contributed by atoms with van der Waals surface area (Å²) < 4.78 is 30.5. The number of hydrogen-bond acceptors (Lipinski definition) is 6. The van der Waals surface area contributed by atoms with Gasteiger partial charge in [-0.15, -0.1) is 0 Å². The number of nitrogens with zero attached hydrogens (tertiary/aromatic N) is 1. The number of nitrogens with one attached hydrogen (secondary N) is 1. The van der Waals surface area contributed by atoms with E-state index in [1.807, 2.05) is 0 Å². The molecule has 1 heterocycles. The first-order valence-electron chi connectivity index (χ1n) is 11.1. The van der Waals surface area contributed by atoms with Crippen molar-refractivity contribution in [2.75, 3.05) is 5.32 Å². The largest absolute Gasteiger partial charge is 0.489 e. The fourth-order valence-electron chi connectivity index (χ4n) is 3.49. The molecule has 1 unspecified atom stereocenters. The van der Waals surface area contributed by atoms with E-state index in [9.17, 15) is 14.0 Å². The van der Waals surface area contributed by atoms with Crippen molar-refractivity contribution in [3.8, 4) is 17.1 Å². The lowest BCUT2D eigenvalue weighted by Crippen LogP contribution is -2.17. The average molecular weight is 490 g/mol. The lowest BCUT2D eigenvalue weighted by molar-refractivity contribution is 0.0696. The second-order valence-electron chi connectivity index (χ2n) is 7.98. The first-order chi connectivity index (χ1) is 17.3. The summed E-state index contributed by atoms with van der Waals surface area (Å²) in [5.74, 6) is -0.523. The zero-order valence-electron chi connectivity index (χ0n) is 19.5. The van der Waals surface area contributed by atoms with Gasteiger partial charge in [-0.05, 0) is 61.9 Å². The minimum Gasteiger partial charge on any atom is -0.489 e. The normalized spacial score (nSPS) is 11.5. The molecule has 1 atom stereocenters. The lowest BCUT2D eigenvalue weighted by atomic mass is 10.1. The molecule has 9 heteroatoms. The zero-order valence-corrected chi connectivity index (χ0v) is 19.5. The molecule has 1 amide bonds. The Labute approximate surface area is 206 Å². The van der Waals surface area contributed by atoms with Gasteiger partial charge in [0.25, 0.3) is 0 Å². The predicted octanol–water partition coefficient (Wildman–Crippen LogP) is 6.38. The summed E-state index contributed by atoms with van der Waals surface area (Å²) in [6.07, 6.45) is -1.57. The fraction of sp³-hybridized carbons (Fsp3) is 0.148. The van der Waals surface area contributed by atoms with Crippen molar-refractivity contribution in [3.63, 3.8) is 0 Å². The number of carboxylic acid groups (broad SMARTS) is 1. The Morgan fingerprint density at radius 3 is 2.42 bits per heavy atom. The van der Waals surface area contributed by atoms with Crippen LogP contribution < -0.4 is 10.1 Å². The number of aromatic carboxylic acids is 1. The Morgan fingerprint density at radius 2 is 1.75 bits per heavy atom. The maximum Gasteiger partial charge on any atom is 0.412 e. The van der Waals surface area contributed by atoms with E-state index >= 15 is 0 Å². The molecule has 184 valence electrons. The molecular formula is C27H23FN2O6. The molecule has 0 bridgehead atoms. The van der Waals surface area contributed by atoms with Gasteiger partial charge in [0.1, 0.15) is 35.7 Å². The van der Waals surface area contributed by atoms with E-state index < -0.39 is 24.0 Å². The summed E-state index contributed by atoms with van der Waals surface area (Å²) in [6, 6.07) is 19.5. The highest BCUT2D eigenvalue weighted by molar-refractivity contribution is 5.91. The molecule has 0 saturated carbocycles. The number of carbonyl (C=O) groups is 2. The lowest BCUT2D eigenvalue weighted by Gasteiger charge is -2.15. The average Bonchev–Trinajstić information content (AvgIpc) is 3.23. The summed E-state index contributed by atoms with van der Waals surface area (Å²) in [6.45, 7) is 3.52. The quantitative estimate of drug-likeness (QED) is 0.295. The standard InChI is InChI=1S/C27H23FN2O6/c1-16-24(29-27(33)35-17(2)22-5-3-4-6-23(22)28)25(36-30-16)19-11-13-21(14-12-19)34-15-18-7-9-20(10-8-18)26(31)32/h3-14,17H,15H2,1-2H3,(H,29,33)(H,31,32). The van der Waals surface area contributed by atoms with Gasteiger partial charge >= 0.3 is 12.1 Å². The van der Waals surface area contributed by atoms with Crippen LogP contribution in [0, 0.1) is 12.7 Å². The second kappa shape index (κ2) is 10.7. The van der Waals surface area contributed by atoms with E-state index in [0.29, 0.717) is 28.5 Å². The summed E-state index contributed by atoms with van der Waals surface area (Å²) in [5.41, 5.74) is 2.73. The number of aromatic nitrogens is 1. The van der Waals surface area contributed by atoms with Gasteiger partial charge in [0.2, 0.25) is 0 Å². The van der Waals surface area contributed by atoms with Crippen LogP contribution in [0.5, 0.6) is 5.75 Å². The van der Waals surface area contributed by atoms with Crippen LogP contribution in [0.4, 0.5) is 14.9 Å². The number of hydrogen-bond donors (Lipinski definition) is 2. The van der Waals surface area contributed by atoms with Crippen molar-refractivity contribution in [3.05, 3.63) is 101 Å². The molecule has 1 aromatic heterocycles. The number of halogens is 1. The molecular weight excluding hydrogens is 467 g/mol. The number of aryl methyl sites for hydroxylation is 1. The number of ether oxygens (including phenoxy) is 2. The monoisotopic (exact) mass is 490 g/mol. The van der Waals surface area contributed by atoms with Crippen LogP contribution in [0.1, 0.15) is 40.2 Å². The minimum atomic E-state index is -0.984. The number of carboxylic acids is 1. The van der Waals surface area contributed by atoms with Crippen LogP contribution in [0.3, 0.4) is 0 Å². The molecule has 0 aliphatic rings. The Bertz CT molecular complexity index is 1370. The number of benzene rings is 3. The van der Waals surface area contributed by atoms with Crippen LogP contribution in [0.25, 0.3) is 11.3 Å². The van der Waals surface area contributed by atoms with Crippen molar-refractivity contribution in [1.82, 2.24) is 5.16 Å². The van der Waals surface area contributed by atoms with Gasteiger partial charge in [-0.25, -0.2) is 14.0 Å². The topological polar surface area (TPSA) is 111 Å². The Balaban J connectivity index is 1.40. The van der Waals surface area contributed by atoms with E-state index in [2.05, 4.69) is 10.5 Å². The van der Waals surface area contributed by atoms with Gasteiger partial charge in [0.05, 0.1) is 5.56 Å². The van der Waals surface area contributed by atoms with Crippen molar-refractivity contribution in [1.29, 1.82) is 0 Å². The van der Waals surface area contributed by atoms with Gasteiger partial charge in [-0.3, -0.25) is 5.32 Å². The van der Waals surface area contributed by atoms with Gasteiger partial charge in [-0.2, -0.15) is 0 Å². The maximum atomic E-state index is 14.0. The predicted molar refractivity (Wildman–Crippen MR) is 129 cm³/mol. The highest BCUT2D eigenvalue weighted by Crippen LogP contribution is 2.32. The molecule has 4 aromatic rings. The maximum absolute atomic E-state index is 14.0. The summed E-state index contributed by atoms with van der Waals surface area (Å²) in [7, 11) is 0. The van der Waals surface area contributed by atoms with E-state index in [1.54, 1.807) is 68.4 Å². The SMILES string of the molecule is Cc1noc(-c2ccc(OCc3ccc(C(=O)O)cc3)cc2)c1NC(=O)OC(C)c1ccccc1F. The van der Waals surface area contributed by atoms with Crippen LogP contribution in [0.2, 0.25) is 0 Å². The van der Waals surface area contributed by atoms with Crippen molar-refractivity contribution in [2.45, 2.75) is 26.6 Å². The molecule has 3 aromatic carbocycles. The van der Waals surface area contributed by atoms with E-state index in [0.717, 1.165) is 5.56 Å². The van der Waals surface area contributed by atoms with Crippen LogP contribution in [-0.2, 0) is 11.3 Å². The van der Waals surface area contributed by atoms with Crippen LogP contribution >= 0.6 is 0 Å². The third-order valence-corrected chi connectivity index (χ3v) is 5.44. The van der Waals surface area contributed by atoms with Crippen molar-refractivity contribution >= 4 is 17.7 Å². The Kier molecular flexibility index (Phi) is 7.29. The van der Waals surface area contributed by atoms with Gasteiger partial charge in [-0.1, -0.05) is 35.5 Å². The third-order valence-electron chi connectivity index (χ3n) is 5.44. The number of anilines is 1. The van der Waals surface area contributed by atoms with E-state index in [4.69, 9.17) is 19.1 Å². The molecule has 0 spiro atoms. The van der Waals surface area contributed by atoms with E-state index in [1.165, 1.54) is 18.2 Å². The summed E-state index contributed by atoms with van der Waals surface area (Å²) >= 11 is 0. The van der Waals surface area contributed by atoms with Gasteiger partial charge in [0, 0.05) is 11.1 Å². The molecule has 2 N–H and O–H groups in total. The molecule has 0 aliphatic carbocycles. The summed E-state index contributed by atoms with van der Waals surface area (Å²) in [5, 5.41) is 15.6. The number of rotatable bonds is 8. The molecule has 0 saturated heterocycles. The fourth-order valence-corrected chi connectivity index (χ4v) is 3.49. The number of carbonyl (C=O) groups excluding carboxylic acids is 1. The second-order valence-corrected chi connectivity index (χ2v) is 7.98. The Hall–Kier alpha value is -4.66. The smallest absolute Gasteiger partial charge is 0.412 e. The van der Waals surface area contributed by atoms with Crippen molar-refractivity contribution in [2.24, 2.45) is 0 Å². The first kappa shape index (κ1) is 24.5. The minimum absolute atomic E-state index is 0.209. The molecule has 0 radical (unpaired) electrons. The zero-order chi connectivity index (χ0) is 25.7. The summed E-state index contributed by atoms with van der Waals surface area (Å²) in [4.78, 5) is 23.5. The third kappa shape index (κ3) is 5.69. The van der Waals surface area contributed by atoms with Crippen LogP contribution in [0.15, 0.2) is 77.3 Å². The highest BCUT2D eigenvalue weighted by Gasteiger charge is 2.21. The van der Waals surface area contributed by atoms with Gasteiger partial charge in [0.15, 0.2) is 5.76 Å². The molecule has 0 fully saturated rings. The molecule has 8 nitrogen and oxygen atoms in total. The highest BCUT2D eigenvalue weighted by atomic mass is 19.1. The van der Waals surface area contributed by atoms with E-state index in [-0.39, 0.29) is 17.7 Å². The first-order valence-corrected chi connectivity index (χ1v) is 11.1.